The average molecular weight is 258 g/mol. The Morgan fingerprint density at radius 2 is 1.85 bits per heavy atom. The fourth-order valence-electron chi connectivity index (χ4n) is 2.44. The predicted octanol–water partition coefficient (Wildman–Crippen LogP) is 4.24. The summed E-state index contributed by atoms with van der Waals surface area (Å²) in [4.78, 5) is 0. The molecule has 2 nitrogen and oxygen atoms in total. The number of nitriles is 1. The molecule has 3 aromatic rings. The predicted molar refractivity (Wildman–Crippen MR) is 82.8 cm³/mol. The van der Waals surface area contributed by atoms with Gasteiger partial charge in [-0.2, -0.15) is 5.26 Å². The van der Waals surface area contributed by atoms with Gasteiger partial charge in [-0.25, -0.2) is 0 Å². The first-order valence-corrected chi connectivity index (χ1v) is 6.51. The van der Waals surface area contributed by atoms with Crippen molar-refractivity contribution in [1.82, 2.24) is 4.57 Å². The first-order chi connectivity index (χ1) is 9.79. The summed E-state index contributed by atoms with van der Waals surface area (Å²) in [6, 6.07) is 20.6. The number of allylic oxidation sites excluding steroid dienone is 1. The van der Waals surface area contributed by atoms with Crippen molar-refractivity contribution in [2.24, 2.45) is 7.05 Å². The standard InChI is InChI=1S/C18H14N2/c1-20-11-5-10-18(20)16(13-19)12-15-8-4-7-14-6-2-3-9-17(14)15/h2-12H,1H3/b16-12+. The molecule has 0 aliphatic rings. The van der Waals surface area contributed by atoms with Gasteiger partial charge in [0.2, 0.25) is 0 Å². The van der Waals surface area contributed by atoms with Gasteiger partial charge in [-0.1, -0.05) is 42.5 Å². The third-order valence-electron chi connectivity index (χ3n) is 3.46. The van der Waals surface area contributed by atoms with Gasteiger partial charge >= 0.3 is 0 Å². The minimum atomic E-state index is 0.675. The van der Waals surface area contributed by atoms with Gasteiger partial charge in [-0.15, -0.1) is 0 Å². The van der Waals surface area contributed by atoms with Crippen molar-refractivity contribution in [3.63, 3.8) is 0 Å². The van der Waals surface area contributed by atoms with Gasteiger partial charge in [0.05, 0.1) is 11.3 Å². The van der Waals surface area contributed by atoms with E-state index in [2.05, 4.69) is 24.3 Å². The number of benzene rings is 2. The largest absolute Gasteiger partial charge is 0.350 e. The third kappa shape index (κ3) is 2.10. The minimum absolute atomic E-state index is 0.675. The van der Waals surface area contributed by atoms with Gasteiger partial charge in [-0.05, 0) is 34.5 Å². The number of rotatable bonds is 2. The van der Waals surface area contributed by atoms with E-state index < -0.39 is 0 Å². The van der Waals surface area contributed by atoms with Crippen LogP contribution in [0.15, 0.2) is 60.8 Å². The number of hydrogen-bond donors (Lipinski definition) is 0. The third-order valence-corrected chi connectivity index (χ3v) is 3.46. The summed E-state index contributed by atoms with van der Waals surface area (Å²) in [5.41, 5.74) is 2.68. The Bertz CT molecular complexity index is 826. The quantitative estimate of drug-likeness (QED) is 0.632. The van der Waals surface area contributed by atoms with Crippen molar-refractivity contribution < 1.29 is 0 Å². The summed E-state index contributed by atoms with van der Waals surface area (Å²) in [5.74, 6) is 0. The molecule has 20 heavy (non-hydrogen) atoms. The van der Waals surface area contributed by atoms with Crippen LogP contribution in [0.2, 0.25) is 0 Å². The zero-order valence-corrected chi connectivity index (χ0v) is 11.2. The minimum Gasteiger partial charge on any atom is -0.350 e. The van der Waals surface area contributed by atoms with E-state index >= 15 is 0 Å². The molecule has 0 radical (unpaired) electrons. The molecule has 0 amide bonds. The monoisotopic (exact) mass is 258 g/mol. The second-order valence-electron chi connectivity index (χ2n) is 4.74. The van der Waals surface area contributed by atoms with Crippen molar-refractivity contribution in [3.05, 3.63) is 72.1 Å². The van der Waals surface area contributed by atoms with E-state index in [9.17, 15) is 5.26 Å². The number of aryl methyl sites for hydroxylation is 1. The molecule has 3 rings (SSSR count). The van der Waals surface area contributed by atoms with Crippen molar-refractivity contribution in [1.29, 1.82) is 5.26 Å². The Labute approximate surface area is 118 Å². The smallest absolute Gasteiger partial charge is 0.101 e. The lowest BCUT2D eigenvalue weighted by molar-refractivity contribution is 0.911. The van der Waals surface area contributed by atoms with Crippen molar-refractivity contribution in [2.45, 2.75) is 0 Å². The molecule has 0 fully saturated rings. The molecule has 0 aliphatic heterocycles. The van der Waals surface area contributed by atoms with Gasteiger partial charge in [-0.3, -0.25) is 0 Å². The molecule has 2 aromatic carbocycles. The maximum absolute atomic E-state index is 9.42. The lowest BCUT2D eigenvalue weighted by Crippen LogP contribution is -1.92. The fraction of sp³-hybridized carbons (Fsp3) is 0.0556. The zero-order chi connectivity index (χ0) is 13.9. The number of hydrogen-bond acceptors (Lipinski definition) is 1. The normalized spacial score (nSPS) is 11.5. The molecule has 0 saturated heterocycles. The summed E-state index contributed by atoms with van der Waals surface area (Å²) < 4.78 is 1.96. The topological polar surface area (TPSA) is 28.7 Å². The SMILES string of the molecule is Cn1cccc1/C(C#N)=C/c1cccc2ccccc12. The van der Waals surface area contributed by atoms with Gasteiger partial charge in [0.1, 0.15) is 6.07 Å². The van der Waals surface area contributed by atoms with Crippen LogP contribution in [0.25, 0.3) is 22.4 Å². The molecular formula is C18H14N2. The Morgan fingerprint density at radius 1 is 1.05 bits per heavy atom. The van der Waals surface area contributed by atoms with Gasteiger partial charge in [0.15, 0.2) is 0 Å². The summed E-state index contributed by atoms with van der Waals surface area (Å²) in [5, 5.41) is 11.8. The van der Waals surface area contributed by atoms with Crippen LogP contribution in [-0.2, 0) is 7.05 Å². The molecule has 0 N–H and O–H groups in total. The molecular weight excluding hydrogens is 244 g/mol. The fourth-order valence-corrected chi connectivity index (χ4v) is 2.44. The molecule has 0 atom stereocenters. The van der Waals surface area contributed by atoms with E-state index in [1.807, 2.05) is 60.3 Å². The summed E-state index contributed by atoms with van der Waals surface area (Å²) in [6.45, 7) is 0. The molecule has 0 spiro atoms. The molecule has 0 bridgehead atoms. The van der Waals surface area contributed by atoms with E-state index in [0.29, 0.717) is 5.57 Å². The van der Waals surface area contributed by atoms with Gasteiger partial charge in [0.25, 0.3) is 0 Å². The molecule has 96 valence electrons. The Morgan fingerprint density at radius 3 is 2.60 bits per heavy atom. The second kappa shape index (κ2) is 5.07. The summed E-state index contributed by atoms with van der Waals surface area (Å²) in [7, 11) is 1.95. The van der Waals surface area contributed by atoms with Crippen molar-refractivity contribution in [2.75, 3.05) is 0 Å². The first-order valence-electron chi connectivity index (χ1n) is 6.51. The van der Waals surface area contributed by atoms with E-state index in [4.69, 9.17) is 0 Å². The maximum atomic E-state index is 9.42. The number of aromatic nitrogens is 1. The summed E-state index contributed by atoms with van der Waals surface area (Å²) >= 11 is 0. The van der Waals surface area contributed by atoms with E-state index in [1.165, 1.54) is 5.39 Å². The van der Waals surface area contributed by atoms with Crippen LogP contribution in [0.1, 0.15) is 11.3 Å². The lowest BCUT2D eigenvalue weighted by atomic mass is 10.0. The van der Waals surface area contributed by atoms with Crippen LogP contribution < -0.4 is 0 Å². The van der Waals surface area contributed by atoms with Crippen LogP contribution in [0.3, 0.4) is 0 Å². The van der Waals surface area contributed by atoms with Crippen LogP contribution >= 0.6 is 0 Å². The molecule has 0 unspecified atom stereocenters. The highest BCUT2D eigenvalue weighted by molar-refractivity contribution is 5.97. The molecule has 0 aliphatic carbocycles. The average Bonchev–Trinajstić information content (AvgIpc) is 2.91. The van der Waals surface area contributed by atoms with E-state index in [0.717, 1.165) is 16.6 Å². The summed E-state index contributed by atoms with van der Waals surface area (Å²) in [6.07, 6.45) is 3.90. The zero-order valence-electron chi connectivity index (χ0n) is 11.2. The van der Waals surface area contributed by atoms with Crippen molar-refractivity contribution >= 4 is 22.4 Å². The Balaban J connectivity index is 2.19. The lowest BCUT2D eigenvalue weighted by Gasteiger charge is -2.04. The van der Waals surface area contributed by atoms with E-state index in [-0.39, 0.29) is 0 Å². The highest BCUT2D eigenvalue weighted by Gasteiger charge is 2.05. The number of nitrogens with zero attached hydrogens (tertiary/aromatic N) is 2. The van der Waals surface area contributed by atoms with Gasteiger partial charge in [0, 0.05) is 13.2 Å². The molecule has 2 heteroatoms. The van der Waals surface area contributed by atoms with E-state index in [1.54, 1.807) is 0 Å². The highest BCUT2D eigenvalue weighted by Crippen LogP contribution is 2.24. The van der Waals surface area contributed by atoms with Crippen LogP contribution in [-0.4, -0.2) is 4.57 Å². The second-order valence-corrected chi connectivity index (χ2v) is 4.74. The maximum Gasteiger partial charge on any atom is 0.101 e. The Kier molecular flexibility index (Phi) is 3.10. The highest BCUT2D eigenvalue weighted by atomic mass is 14.9. The van der Waals surface area contributed by atoms with Crippen molar-refractivity contribution in [3.8, 4) is 6.07 Å². The van der Waals surface area contributed by atoms with Crippen LogP contribution in [0.5, 0.6) is 0 Å². The molecule has 1 heterocycles. The van der Waals surface area contributed by atoms with Crippen LogP contribution in [0.4, 0.5) is 0 Å². The van der Waals surface area contributed by atoms with Gasteiger partial charge < -0.3 is 4.57 Å². The van der Waals surface area contributed by atoms with Crippen LogP contribution in [0, 0.1) is 11.3 Å². The Hall–Kier alpha value is -2.79. The first kappa shape index (κ1) is 12.3. The molecule has 1 aromatic heterocycles. The molecule has 0 saturated carbocycles. The number of fused-ring (bicyclic) bond motifs is 1.